The maximum absolute atomic E-state index is 12.3. The van der Waals surface area contributed by atoms with Crippen LogP contribution in [0.2, 0.25) is 0 Å². The predicted molar refractivity (Wildman–Crippen MR) is 88.9 cm³/mol. The highest BCUT2D eigenvalue weighted by atomic mass is 16.5. The Morgan fingerprint density at radius 1 is 0.739 bits per heavy atom. The number of hydrogen-bond donors (Lipinski definition) is 2. The Labute approximate surface area is 133 Å². The molecule has 0 spiro atoms. The third-order valence-corrected chi connectivity index (χ3v) is 3.36. The summed E-state index contributed by atoms with van der Waals surface area (Å²) in [6.45, 7) is 0. The molecule has 3 aromatic carbocycles. The highest BCUT2D eigenvalue weighted by Crippen LogP contribution is 2.23. The Bertz CT molecular complexity index is 807. The van der Waals surface area contributed by atoms with Gasteiger partial charge in [-0.05, 0) is 72.8 Å². The van der Waals surface area contributed by atoms with Crippen molar-refractivity contribution in [1.29, 1.82) is 0 Å². The van der Waals surface area contributed by atoms with E-state index < -0.39 is 0 Å². The van der Waals surface area contributed by atoms with E-state index in [1.54, 1.807) is 60.7 Å². The molecule has 3 rings (SSSR count). The molecule has 23 heavy (non-hydrogen) atoms. The third kappa shape index (κ3) is 3.49. The molecule has 0 aliphatic rings. The maximum atomic E-state index is 12.3. The van der Waals surface area contributed by atoms with E-state index in [0.717, 1.165) is 0 Å². The minimum absolute atomic E-state index is 0.107. The number of rotatable bonds is 4. The van der Waals surface area contributed by atoms with E-state index in [0.29, 0.717) is 28.3 Å². The molecular weight excluding hydrogens is 290 g/mol. The normalized spacial score (nSPS) is 10.3. The van der Waals surface area contributed by atoms with E-state index in [1.165, 1.54) is 12.1 Å². The van der Waals surface area contributed by atoms with E-state index in [1.807, 2.05) is 0 Å². The van der Waals surface area contributed by atoms with Crippen LogP contribution in [-0.4, -0.2) is 10.9 Å². The van der Waals surface area contributed by atoms with Gasteiger partial charge >= 0.3 is 0 Å². The molecular formula is C19H15NO3. The van der Waals surface area contributed by atoms with Gasteiger partial charge in [-0.1, -0.05) is 0 Å². The van der Waals surface area contributed by atoms with Gasteiger partial charge in [0.25, 0.3) is 0 Å². The second kappa shape index (κ2) is 6.23. The largest absolute Gasteiger partial charge is 0.508 e. The molecule has 0 unspecified atom stereocenters. The number of carbonyl (C=O) groups is 1. The van der Waals surface area contributed by atoms with Crippen molar-refractivity contribution in [2.24, 2.45) is 0 Å². The fourth-order valence-corrected chi connectivity index (χ4v) is 2.13. The molecule has 0 saturated carbocycles. The number of nitrogen functional groups attached to an aromatic ring is 1. The van der Waals surface area contributed by atoms with Crippen molar-refractivity contribution in [2.75, 3.05) is 5.73 Å². The minimum atomic E-state index is -0.107. The quantitative estimate of drug-likeness (QED) is 0.564. The summed E-state index contributed by atoms with van der Waals surface area (Å²) >= 11 is 0. The van der Waals surface area contributed by atoms with Crippen molar-refractivity contribution in [2.45, 2.75) is 0 Å². The first-order valence-electron chi connectivity index (χ1n) is 7.09. The average molecular weight is 305 g/mol. The van der Waals surface area contributed by atoms with Gasteiger partial charge in [-0.15, -0.1) is 0 Å². The molecule has 0 amide bonds. The molecule has 0 fully saturated rings. The summed E-state index contributed by atoms with van der Waals surface area (Å²) < 4.78 is 5.69. The SMILES string of the molecule is Nc1ccc(Oc2ccc(C(=O)c3ccc(O)cc3)cc2)cc1. The Morgan fingerprint density at radius 2 is 1.17 bits per heavy atom. The van der Waals surface area contributed by atoms with Gasteiger partial charge in [0, 0.05) is 16.8 Å². The highest BCUT2D eigenvalue weighted by Gasteiger charge is 2.09. The Hall–Kier alpha value is -3.27. The minimum Gasteiger partial charge on any atom is -0.508 e. The molecule has 0 atom stereocenters. The number of hydrogen-bond acceptors (Lipinski definition) is 4. The number of aromatic hydroxyl groups is 1. The summed E-state index contributed by atoms with van der Waals surface area (Å²) in [5.74, 6) is 1.34. The van der Waals surface area contributed by atoms with Gasteiger partial charge in [0.2, 0.25) is 0 Å². The molecule has 0 bridgehead atoms. The van der Waals surface area contributed by atoms with Gasteiger partial charge in [-0.2, -0.15) is 0 Å². The van der Waals surface area contributed by atoms with Crippen LogP contribution < -0.4 is 10.5 Å². The molecule has 3 N–H and O–H groups in total. The van der Waals surface area contributed by atoms with Gasteiger partial charge in [0.05, 0.1) is 0 Å². The first kappa shape index (κ1) is 14.7. The summed E-state index contributed by atoms with van der Waals surface area (Å²) in [6, 6.07) is 20.2. The van der Waals surface area contributed by atoms with Crippen LogP contribution in [0.3, 0.4) is 0 Å². The van der Waals surface area contributed by atoms with E-state index >= 15 is 0 Å². The topological polar surface area (TPSA) is 72.5 Å². The van der Waals surface area contributed by atoms with Crippen molar-refractivity contribution in [3.63, 3.8) is 0 Å². The van der Waals surface area contributed by atoms with Gasteiger partial charge in [0.1, 0.15) is 17.2 Å². The molecule has 4 nitrogen and oxygen atoms in total. The monoisotopic (exact) mass is 305 g/mol. The zero-order chi connectivity index (χ0) is 16.2. The lowest BCUT2D eigenvalue weighted by atomic mass is 10.0. The summed E-state index contributed by atoms with van der Waals surface area (Å²) in [6.07, 6.45) is 0. The van der Waals surface area contributed by atoms with Gasteiger partial charge in [-0.25, -0.2) is 0 Å². The molecule has 0 saturated heterocycles. The second-order valence-electron chi connectivity index (χ2n) is 5.07. The van der Waals surface area contributed by atoms with Crippen molar-refractivity contribution in [3.05, 3.63) is 83.9 Å². The standard InChI is InChI=1S/C19H15NO3/c20-15-5-11-18(12-6-15)23-17-9-3-14(4-10-17)19(22)13-1-7-16(21)8-2-13/h1-12,21H,20H2. The molecule has 0 heterocycles. The third-order valence-electron chi connectivity index (χ3n) is 3.36. The Kier molecular flexibility index (Phi) is 3.97. The average Bonchev–Trinajstić information content (AvgIpc) is 2.58. The number of phenols is 1. The van der Waals surface area contributed by atoms with Crippen LogP contribution in [0.4, 0.5) is 5.69 Å². The smallest absolute Gasteiger partial charge is 0.193 e. The summed E-state index contributed by atoms with van der Waals surface area (Å²) in [5.41, 5.74) is 7.38. The predicted octanol–water partition coefficient (Wildman–Crippen LogP) is 4.00. The Balaban J connectivity index is 1.75. The van der Waals surface area contributed by atoms with Crippen LogP contribution >= 0.6 is 0 Å². The fourth-order valence-electron chi connectivity index (χ4n) is 2.13. The first-order valence-corrected chi connectivity index (χ1v) is 7.09. The van der Waals surface area contributed by atoms with E-state index in [2.05, 4.69) is 0 Å². The number of phenolic OH excluding ortho intramolecular Hbond substituents is 1. The number of ketones is 1. The number of benzene rings is 3. The molecule has 0 radical (unpaired) electrons. The van der Waals surface area contributed by atoms with E-state index in [9.17, 15) is 9.90 Å². The molecule has 3 aromatic rings. The van der Waals surface area contributed by atoms with Crippen LogP contribution in [0.1, 0.15) is 15.9 Å². The summed E-state index contributed by atoms with van der Waals surface area (Å²) in [7, 11) is 0. The Morgan fingerprint density at radius 3 is 1.70 bits per heavy atom. The van der Waals surface area contributed by atoms with Crippen LogP contribution in [0.15, 0.2) is 72.8 Å². The van der Waals surface area contributed by atoms with Crippen LogP contribution in [0, 0.1) is 0 Å². The van der Waals surface area contributed by atoms with Gasteiger partial charge in [0.15, 0.2) is 5.78 Å². The molecule has 0 aliphatic heterocycles. The van der Waals surface area contributed by atoms with Gasteiger partial charge < -0.3 is 15.6 Å². The van der Waals surface area contributed by atoms with E-state index in [-0.39, 0.29) is 11.5 Å². The lowest BCUT2D eigenvalue weighted by Gasteiger charge is -2.07. The molecule has 114 valence electrons. The lowest BCUT2D eigenvalue weighted by Crippen LogP contribution is -2.00. The van der Waals surface area contributed by atoms with Crippen LogP contribution in [0.5, 0.6) is 17.2 Å². The highest BCUT2D eigenvalue weighted by molar-refractivity contribution is 6.09. The zero-order valence-electron chi connectivity index (χ0n) is 12.3. The zero-order valence-corrected chi connectivity index (χ0v) is 12.3. The fraction of sp³-hybridized carbons (Fsp3) is 0. The van der Waals surface area contributed by atoms with E-state index in [4.69, 9.17) is 10.5 Å². The van der Waals surface area contributed by atoms with Crippen molar-refractivity contribution < 1.29 is 14.6 Å². The van der Waals surface area contributed by atoms with Crippen molar-refractivity contribution >= 4 is 11.5 Å². The molecule has 0 aliphatic carbocycles. The van der Waals surface area contributed by atoms with Crippen molar-refractivity contribution in [1.82, 2.24) is 0 Å². The number of ether oxygens (including phenoxy) is 1. The van der Waals surface area contributed by atoms with Crippen LogP contribution in [0.25, 0.3) is 0 Å². The molecule has 0 aromatic heterocycles. The van der Waals surface area contributed by atoms with Crippen molar-refractivity contribution in [3.8, 4) is 17.2 Å². The number of anilines is 1. The maximum Gasteiger partial charge on any atom is 0.193 e. The number of nitrogens with two attached hydrogens (primary N) is 1. The molecule has 4 heteroatoms. The van der Waals surface area contributed by atoms with Gasteiger partial charge in [-0.3, -0.25) is 4.79 Å². The second-order valence-corrected chi connectivity index (χ2v) is 5.07. The lowest BCUT2D eigenvalue weighted by molar-refractivity contribution is 0.103. The summed E-state index contributed by atoms with van der Waals surface area (Å²) in [4.78, 5) is 12.3. The number of carbonyl (C=O) groups excluding carboxylic acids is 1. The first-order chi connectivity index (χ1) is 11.1. The van der Waals surface area contributed by atoms with Crippen LogP contribution in [-0.2, 0) is 0 Å². The summed E-state index contributed by atoms with van der Waals surface area (Å²) in [5, 5.41) is 9.27.